The highest BCUT2D eigenvalue weighted by atomic mass is 127. The minimum atomic E-state index is -0.424. The molecule has 7 nitrogen and oxygen atoms in total. The van der Waals surface area contributed by atoms with Crippen LogP contribution in [0.4, 0.5) is 5.69 Å². The maximum atomic E-state index is 13.0. The zero-order valence-electron chi connectivity index (χ0n) is 16.7. The molecule has 0 saturated carbocycles. The van der Waals surface area contributed by atoms with Crippen molar-refractivity contribution in [3.8, 4) is 5.75 Å². The smallest absolute Gasteiger partial charge is 0.274 e. The van der Waals surface area contributed by atoms with Crippen LogP contribution in [0, 0.1) is 17.3 Å². The summed E-state index contributed by atoms with van der Waals surface area (Å²) in [5, 5.41) is 10.8. The van der Waals surface area contributed by atoms with Crippen molar-refractivity contribution in [2.45, 2.75) is 6.61 Å². The Morgan fingerprint density at radius 3 is 2.48 bits per heavy atom. The third kappa shape index (κ3) is 4.34. The Kier molecular flexibility index (Phi) is 6.05. The summed E-state index contributed by atoms with van der Waals surface area (Å²) in [6.07, 6.45) is 1.88. The van der Waals surface area contributed by atoms with Crippen LogP contribution >= 0.6 is 56.5 Å². The van der Waals surface area contributed by atoms with Crippen molar-refractivity contribution < 1.29 is 9.66 Å². The molecule has 0 radical (unpaired) electrons. The topological polar surface area (TPSA) is 86.7 Å². The maximum absolute atomic E-state index is 13.0. The number of benzene rings is 3. The van der Waals surface area contributed by atoms with Gasteiger partial charge in [-0.2, -0.15) is 0 Å². The van der Waals surface area contributed by atoms with Crippen molar-refractivity contribution in [3.63, 3.8) is 0 Å². The van der Waals surface area contributed by atoms with Crippen molar-refractivity contribution in [1.82, 2.24) is 9.38 Å². The van der Waals surface area contributed by atoms with E-state index in [9.17, 15) is 14.9 Å². The number of ether oxygens (including phenoxy) is 1. The number of para-hydroxylation sites is 2. The van der Waals surface area contributed by atoms with Gasteiger partial charge in [0, 0.05) is 12.1 Å². The minimum Gasteiger partial charge on any atom is -0.487 e. The van der Waals surface area contributed by atoms with Crippen LogP contribution in [-0.4, -0.2) is 14.3 Å². The van der Waals surface area contributed by atoms with Crippen LogP contribution in [0.2, 0.25) is 0 Å². The van der Waals surface area contributed by atoms with Crippen LogP contribution in [0.15, 0.2) is 65.5 Å². The molecule has 0 amide bonds. The van der Waals surface area contributed by atoms with E-state index in [-0.39, 0.29) is 11.2 Å². The number of nitro groups is 1. The number of halogens is 2. The summed E-state index contributed by atoms with van der Waals surface area (Å²) in [7, 11) is 0. The highest BCUT2D eigenvalue weighted by Gasteiger charge is 2.13. The Bertz CT molecular complexity index is 1620. The van der Waals surface area contributed by atoms with Gasteiger partial charge in [-0.25, -0.2) is 9.38 Å². The second-order valence-electron chi connectivity index (χ2n) is 7.16. The number of imidazole rings is 1. The van der Waals surface area contributed by atoms with Gasteiger partial charge in [-0.1, -0.05) is 23.5 Å². The first-order valence-electron chi connectivity index (χ1n) is 9.67. The van der Waals surface area contributed by atoms with E-state index in [4.69, 9.17) is 4.74 Å². The molecule has 0 N–H and O–H groups in total. The molecule has 0 saturated heterocycles. The normalized spacial score (nSPS) is 12.0. The number of thiazole rings is 1. The molecular formula is C23H13I2N3O4S. The van der Waals surface area contributed by atoms with Crippen LogP contribution in [-0.2, 0) is 6.61 Å². The summed E-state index contributed by atoms with van der Waals surface area (Å²) in [5.41, 5.74) is 3.34. The Labute approximate surface area is 218 Å². The van der Waals surface area contributed by atoms with Gasteiger partial charge in [0.1, 0.15) is 12.4 Å². The van der Waals surface area contributed by atoms with Gasteiger partial charge in [0.05, 0.1) is 27.6 Å². The predicted octanol–water partition coefficient (Wildman–Crippen LogP) is 5.15. The molecule has 0 aliphatic carbocycles. The number of hydrogen-bond acceptors (Lipinski definition) is 6. The number of fused-ring (bicyclic) bond motifs is 3. The first-order chi connectivity index (χ1) is 15.9. The Hall–Kier alpha value is -2.58. The molecule has 3 aromatic carbocycles. The largest absolute Gasteiger partial charge is 0.487 e. The van der Waals surface area contributed by atoms with E-state index in [2.05, 4.69) is 50.2 Å². The predicted molar refractivity (Wildman–Crippen MR) is 145 cm³/mol. The summed E-state index contributed by atoms with van der Waals surface area (Å²) in [6, 6.07) is 17.8. The highest BCUT2D eigenvalue weighted by molar-refractivity contribution is 14.1. The summed E-state index contributed by atoms with van der Waals surface area (Å²) < 4.78 is 10.1. The third-order valence-electron chi connectivity index (χ3n) is 4.99. The molecule has 0 aliphatic rings. The van der Waals surface area contributed by atoms with E-state index in [1.165, 1.54) is 23.5 Å². The minimum absolute atomic E-state index is 0.0505. The van der Waals surface area contributed by atoms with Crippen LogP contribution < -0.4 is 14.8 Å². The molecule has 0 aliphatic heterocycles. The van der Waals surface area contributed by atoms with E-state index in [0.717, 1.165) is 35.1 Å². The average molecular weight is 681 g/mol. The summed E-state index contributed by atoms with van der Waals surface area (Å²) in [5.74, 6) is 0.737. The highest BCUT2D eigenvalue weighted by Crippen LogP contribution is 2.30. The molecule has 2 aromatic heterocycles. The Morgan fingerprint density at radius 1 is 1.09 bits per heavy atom. The monoisotopic (exact) mass is 681 g/mol. The van der Waals surface area contributed by atoms with E-state index in [1.54, 1.807) is 16.5 Å². The van der Waals surface area contributed by atoms with Crippen LogP contribution in [0.25, 0.3) is 22.1 Å². The van der Waals surface area contributed by atoms with Gasteiger partial charge in [-0.15, -0.1) is 0 Å². The second-order valence-corrected chi connectivity index (χ2v) is 10.5. The molecule has 0 unspecified atom stereocenters. The second kappa shape index (κ2) is 8.99. The van der Waals surface area contributed by atoms with E-state index < -0.39 is 4.92 Å². The van der Waals surface area contributed by atoms with E-state index in [0.29, 0.717) is 16.1 Å². The van der Waals surface area contributed by atoms with Crippen molar-refractivity contribution in [2.75, 3.05) is 0 Å². The fourth-order valence-corrected chi connectivity index (χ4v) is 6.55. The Balaban J connectivity index is 1.44. The van der Waals surface area contributed by atoms with Gasteiger partial charge in [0.2, 0.25) is 0 Å². The summed E-state index contributed by atoms with van der Waals surface area (Å²) in [4.78, 5) is 28.6. The number of rotatable bonds is 5. The van der Waals surface area contributed by atoms with Crippen LogP contribution in [0.3, 0.4) is 0 Å². The molecule has 0 atom stereocenters. The lowest BCUT2D eigenvalue weighted by atomic mass is 10.2. The van der Waals surface area contributed by atoms with Gasteiger partial charge < -0.3 is 4.74 Å². The van der Waals surface area contributed by atoms with Gasteiger partial charge >= 0.3 is 0 Å². The van der Waals surface area contributed by atoms with E-state index >= 15 is 0 Å². The van der Waals surface area contributed by atoms with E-state index in [1.807, 2.05) is 42.5 Å². The lowest BCUT2D eigenvalue weighted by molar-refractivity contribution is -0.384. The number of non-ortho nitro benzene ring substituents is 1. The lowest BCUT2D eigenvalue weighted by Gasteiger charge is -2.11. The fourth-order valence-electron chi connectivity index (χ4n) is 3.43. The SMILES string of the molecule is O=c1/c(=C/c2cc(I)c(OCc3ccc([N+](=O)[O-])cc3)c(I)c2)sc2nc3ccccc3n12. The number of aromatic nitrogens is 2. The zero-order valence-corrected chi connectivity index (χ0v) is 21.8. The Morgan fingerprint density at radius 2 is 1.79 bits per heavy atom. The van der Waals surface area contributed by atoms with Crippen molar-refractivity contribution >= 4 is 84.3 Å². The van der Waals surface area contributed by atoms with Gasteiger partial charge in [0.15, 0.2) is 4.96 Å². The fraction of sp³-hybridized carbons (Fsp3) is 0.0435. The van der Waals surface area contributed by atoms with Crippen molar-refractivity contribution in [2.24, 2.45) is 0 Å². The molecule has 0 spiro atoms. The zero-order chi connectivity index (χ0) is 23.1. The molecule has 0 bridgehead atoms. The van der Waals surface area contributed by atoms with Crippen LogP contribution in [0.5, 0.6) is 5.75 Å². The molecule has 33 heavy (non-hydrogen) atoms. The lowest BCUT2D eigenvalue weighted by Crippen LogP contribution is -2.22. The quantitative estimate of drug-likeness (QED) is 0.146. The van der Waals surface area contributed by atoms with Gasteiger partial charge in [-0.05, 0) is 98.8 Å². The number of nitrogens with zero attached hydrogens (tertiary/aromatic N) is 3. The number of hydrogen-bond donors (Lipinski definition) is 0. The van der Waals surface area contributed by atoms with Crippen molar-refractivity contribution in [1.29, 1.82) is 0 Å². The number of nitro benzene ring substituents is 1. The third-order valence-corrected chi connectivity index (χ3v) is 7.57. The molecule has 164 valence electrons. The first-order valence-corrected chi connectivity index (χ1v) is 12.6. The van der Waals surface area contributed by atoms with Gasteiger partial charge in [0.25, 0.3) is 11.2 Å². The summed E-state index contributed by atoms with van der Waals surface area (Å²) >= 11 is 5.80. The van der Waals surface area contributed by atoms with Gasteiger partial charge in [-0.3, -0.25) is 14.9 Å². The molecule has 2 heterocycles. The van der Waals surface area contributed by atoms with Crippen LogP contribution in [0.1, 0.15) is 11.1 Å². The first kappa shape index (κ1) is 22.2. The van der Waals surface area contributed by atoms with Crippen molar-refractivity contribution in [3.05, 3.63) is 104 Å². The summed E-state index contributed by atoms with van der Waals surface area (Å²) in [6.45, 7) is 0.299. The molecule has 5 rings (SSSR count). The molecule has 0 fully saturated rings. The maximum Gasteiger partial charge on any atom is 0.274 e. The molecule has 10 heteroatoms. The standard InChI is InChI=1S/C23H13I2N3O4S/c24-16-9-14(10-17(25)21(16)32-12-13-5-7-15(8-6-13)28(30)31)11-20-22(29)27-19-4-2-1-3-18(19)26-23(27)33-20/h1-11H,12H2/b20-11-. The molecule has 5 aromatic rings. The molecular weight excluding hydrogens is 668 g/mol. The average Bonchev–Trinajstić information content (AvgIpc) is 3.29.